The molecule has 3 heteroatoms. The van der Waals surface area contributed by atoms with E-state index >= 15 is 0 Å². The lowest BCUT2D eigenvalue weighted by Crippen LogP contribution is -1.85. The van der Waals surface area contributed by atoms with Crippen molar-refractivity contribution < 1.29 is 0 Å². The highest BCUT2D eigenvalue weighted by Gasteiger charge is 1.98. The molecule has 0 bridgehead atoms. The van der Waals surface area contributed by atoms with Crippen LogP contribution in [0.2, 0.25) is 0 Å². The van der Waals surface area contributed by atoms with Crippen LogP contribution in [0.1, 0.15) is 0 Å². The van der Waals surface area contributed by atoms with Gasteiger partial charge in [-0.1, -0.05) is 18.2 Å². The Morgan fingerprint density at radius 3 is 2.21 bits per heavy atom. The van der Waals surface area contributed by atoms with Gasteiger partial charge in [-0.05, 0) is 69.4 Å². The highest BCUT2D eigenvalue weighted by atomic mass is 127. The first-order valence-corrected chi connectivity index (χ1v) is 6.30. The van der Waals surface area contributed by atoms with Crippen molar-refractivity contribution in [1.82, 2.24) is 4.98 Å². The summed E-state index contributed by atoms with van der Waals surface area (Å²) in [6.07, 6.45) is 0. The lowest BCUT2D eigenvalue weighted by Gasteiger charge is -2.00. The first-order valence-electron chi connectivity index (χ1n) is 4.14. The number of nitrogens with zero attached hydrogens (tertiary/aromatic N) is 1. The molecule has 1 nitrogen and oxygen atoms in total. The molecule has 0 unspecified atom stereocenters. The van der Waals surface area contributed by atoms with Gasteiger partial charge in [-0.3, -0.25) is 0 Å². The second-order valence-electron chi connectivity index (χ2n) is 2.85. The fourth-order valence-electron chi connectivity index (χ4n) is 1.19. The molecule has 0 saturated carbocycles. The topological polar surface area (TPSA) is 12.9 Å². The molecule has 0 saturated heterocycles. The number of aromatic nitrogens is 1. The molecule has 70 valence electrons. The zero-order chi connectivity index (χ0) is 9.97. The van der Waals surface area contributed by atoms with Crippen LogP contribution in [0, 0.1) is 7.27 Å². The van der Waals surface area contributed by atoms with E-state index in [1.54, 1.807) is 0 Å². The molecule has 0 radical (unpaired) electrons. The fraction of sp³-hybridized carbons (Fsp3) is 0. The summed E-state index contributed by atoms with van der Waals surface area (Å²) in [5.41, 5.74) is 2.21. The normalized spacial score (nSPS) is 10.1. The summed E-state index contributed by atoms with van der Waals surface area (Å²) < 4.78 is 2.27. The largest absolute Gasteiger partial charge is 0.242 e. The number of rotatable bonds is 1. The van der Waals surface area contributed by atoms with Crippen molar-refractivity contribution in [1.29, 1.82) is 0 Å². The van der Waals surface area contributed by atoms with Gasteiger partial charge in [0.15, 0.2) is 0 Å². The molecule has 0 amide bonds. The molecule has 0 aliphatic rings. The number of benzene rings is 1. The summed E-state index contributed by atoms with van der Waals surface area (Å²) in [7, 11) is 0. The number of pyridine rings is 1. The van der Waals surface area contributed by atoms with Gasteiger partial charge in [-0.15, -0.1) is 0 Å². The Balaban J connectivity index is 2.44. The van der Waals surface area contributed by atoms with E-state index in [0.29, 0.717) is 0 Å². The summed E-state index contributed by atoms with van der Waals surface area (Å²) in [6, 6.07) is 14.4. The predicted molar refractivity (Wildman–Crippen MR) is 75.1 cm³/mol. The molecule has 1 aromatic carbocycles. The fourth-order valence-corrected chi connectivity index (χ4v) is 2.02. The molecular formula is C11H7I2N. The van der Waals surface area contributed by atoms with Crippen LogP contribution < -0.4 is 0 Å². The van der Waals surface area contributed by atoms with Crippen molar-refractivity contribution in [3.8, 4) is 11.3 Å². The maximum atomic E-state index is 4.46. The van der Waals surface area contributed by atoms with Crippen molar-refractivity contribution in [2.75, 3.05) is 0 Å². The van der Waals surface area contributed by atoms with Gasteiger partial charge < -0.3 is 0 Å². The third-order valence-electron chi connectivity index (χ3n) is 1.86. The van der Waals surface area contributed by atoms with Gasteiger partial charge in [0.25, 0.3) is 0 Å². The van der Waals surface area contributed by atoms with Crippen LogP contribution >= 0.6 is 45.2 Å². The van der Waals surface area contributed by atoms with E-state index in [1.807, 2.05) is 18.2 Å². The summed E-state index contributed by atoms with van der Waals surface area (Å²) in [5.74, 6) is 0. The van der Waals surface area contributed by atoms with Gasteiger partial charge in [0.2, 0.25) is 0 Å². The van der Waals surface area contributed by atoms with Crippen molar-refractivity contribution in [3.05, 3.63) is 49.7 Å². The number of hydrogen-bond acceptors (Lipinski definition) is 1. The third-order valence-corrected chi connectivity index (χ3v) is 3.18. The Morgan fingerprint density at radius 1 is 0.857 bits per heavy atom. The molecule has 0 spiro atoms. The minimum Gasteiger partial charge on any atom is -0.242 e. The Bertz CT molecular complexity index is 437. The average molecular weight is 407 g/mol. The molecule has 0 aliphatic heterocycles. The molecular weight excluding hydrogens is 400 g/mol. The second-order valence-corrected chi connectivity index (χ2v) is 5.20. The van der Waals surface area contributed by atoms with Gasteiger partial charge in [0.05, 0.1) is 5.69 Å². The number of hydrogen-bond donors (Lipinski definition) is 0. The van der Waals surface area contributed by atoms with Crippen LogP contribution in [0.25, 0.3) is 11.3 Å². The summed E-state index contributed by atoms with van der Waals surface area (Å²) in [5, 5.41) is 0. The first kappa shape index (κ1) is 10.4. The molecule has 0 atom stereocenters. The first-order chi connectivity index (χ1) is 6.75. The van der Waals surface area contributed by atoms with Gasteiger partial charge >= 0.3 is 0 Å². The molecule has 0 N–H and O–H groups in total. The van der Waals surface area contributed by atoms with Gasteiger partial charge in [-0.2, -0.15) is 0 Å². The van der Waals surface area contributed by atoms with Crippen LogP contribution in [0.15, 0.2) is 42.5 Å². The third kappa shape index (κ3) is 2.44. The van der Waals surface area contributed by atoms with Crippen molar-refractivity contribution in [3.63, 3.8) is 0 Å². The second kappa shape index (κ2) is 4.57. The summed E-state index contributed by atoms with van der Waals surface area (Å²) >= 11 is 4.53. The standard InChI is InChI=1S/C11H7I2N/c12-9-6-4-8(5-7-9)10-2-1-3-11(13)14-10/h1-7H. The van der Waals surface area contributed by atoms with Crippen LogP contribution in [0.5, 0.6) is 0 Å². The van der Waals surface area contributed by atoms with E-state index in [1.165, 1.54) is 9.13 Å². The van der Waals surface area contributed by atoms with Gasteiger partial charge in [-0.25, -0.2) is 4.98 Å². The SMILES string of the molecule is Ic1ccc(-c2cccc(I)n2)cc1. The smallest absolute Gasteiger partial charge is 0.102 e. The van der Waals surface area contributed by atoms with Crippen molar-refractivity contribution in [2.45, 2.75) is 0 Å². The zero-order valence-electron chi connectivity index (χ0n) is 7.24. The molecule has 0 fully saturated rings. The van der Waals surface area contributed by atoms with Crippen molar-refractivity contribution >= 4 is 45.2 Å². The molecule has 0 aliphatic carbocycles. The van der Waals surface area contributed by atoms with Crippen LogP contribution in [0.4, 0.5) is 0 Å². The Labute approximate surface area is 110 Å². The molecule has 1 heterocycles. The minimum absolute atomic E-state index is 1.03. The van der Waals surface area contributed by atoms with E-state index in [0.717, 1.165) is 9.39 Å². The van der Waals surface area contributed by atoms with E-state index < -0.39 is 0 Å². The molecule has 1 aromatic heterocycles. The van der Waals surface area contributed by atoms with Crippen molar-refractivity contribution in [2.24, 2.45) is 0 Å². The Kier molecular flexibility index (Phi) is 3.38. The molecule has 2 aromatic rings. The number of halogens is 2. The highest BCUT2D eigenvalue weighted by molar-refractivity contribution is 14.1. The quantitative estimate of drug-likeness (QED) is 0.516. The molecule has 14 heavy (non-hydrogen) atoms. The Morgan fingerprint density at radius 2 is 1.57 bits per heavy atom. The highest BCUT2D eigenvalue weighted by Crippen LogP contribution is 2.18. The summed E-state index contributed by atoms with van der Waals surface area (Å²) in [4.78, 5) is 4.46. The van der Waals surface area contributed by atoms with E-state index in [4.69, 9.17) is 0 Å². The average Bonchev–Trinajstić information content (AvgIpc) is 2.19. The Hall–Kier alpha value is -0.170. The lowest BCUT2D eigenvalue weighted by atomic mass is 10.1. The van der Waals surface area contributed by atoms with Gasteiger partial charge in [0.1, 0.15) is 3.70 Å². The molecule has 2 rings (SSSR count). The van der Waals surface area contributed by atoms with E-state index in [-0.39, 0.29) is 0 Å². The predicted octanol–water partition coefficient (Wildman–Crippen LogP) is 3.96. The zero-order valence-corrected chi connectivity index (χ0v) is 11.6. The van der Waals surface area contributed by atoms with Gasteiger partial charge in [0, 0.05) is 9.13 Å². The van der Waals surface area contributed by atoms with E-state index in [2.05, 4.69) is 74.4 Å². The maximum Gasteiger partial charge on any atom is 0.102 e. The minimum atomic E-state index is 1.03. The lowest BCUT2D eigenvalue weighted by molar-refractivity contribution is 1.27. The van der Waals surface area contributed by atoms with Crippen LogP contribution in [-0.4, -0.2) is 4.98 Å². The van der Waals surface area contributed by atoms with Crippen LogP contribution in [0.3, 0.4) is 0 Å². The maximum absolute atomic E-state index is 4.46. The van der Waals surface area contributed by atoms with E-state index in [9.17, 15) is 0 Å². The summed E-state index contributed by atoms with van der Waals surface area (Å²) in [6.45, 7) is 0. The van der Waals surface area contributed by atoms with Crippen LogP contribution in [-0.2, 0) is 0 Å². The monoisotopic (exact) mass is 407 g/mol.